The molecule has 0 aromatic heterocycles. The van der Waals surface area contributed by atoms with Crippen LogP contribution in [-0.2, 0) is 4.74 Å². The zero-order chi connectivity index (χ0) is 7.98. The van der Waals surface area contributed by atoms with Crippen molar-refractivity contribution in [3.63, 3.8) is 0 Å². The van der Waals surface area contributed by atoms with Gasteiger partial charge in [-0.15, -0.1) is 0 Å². The second-order valence-electron chi connectivity index (χ2n) is 1.84. The summed E-state index contributed by atoms with van der Waals surface area (Å²) in [7, 11) is -0.823. The van der Waals surface area contributed by atoms with Crippen LogP contribution in [0.25, 0.3) is 0 Å². The highest BCUT2D eigenvalue weighted by molar-refractivity contribution is 7.71. The minimum Gasteiger partial charge on any atom is -0.426 e. The topological polar surface area (TPSA) is 26.3 Å². The molecule has 1 atom stereocenters. The Kier molecular flexibility index (Phi) is 4.87. The van der Waals surface area contributed by atoms with Gasteiger partial charge in [0, 0.05) is 0 Å². The zero-order valence-electron chi connectivity index (χ0n) is 6.33. The lowest BCUT2D eigenvalue weighted by Crippen LogP contribution is -1.95. The van der Waals surface area contributed by atoms with Gasteiger partial charge in [0.1, 0.15) is 13.3 Å². The van der Waals surface area contributed by atoms with Crippen molar-refractivity contribution in [3.05, 3.63) is 12.2 Å². The van der Waals surface area contributed by atoms with E-state index in [9.17, 15) is 4.79 Å². The van der Waals surface area contributed by atoms with Gasteiger partial charge in [0.15, 0.2) is 0 Å². The average molecular weight is 159 g/mol. The van der Waals surface area contributed by atoms with Gasteiger partial charge in [-0.25, -0.2) is 0 Å². The number of rotatable bonds is 3. The summed E-state index contributed by atoms with van der Waals surface area (Å²) in [5.41, 5.74) is -0.187. The molecule has 2 nitrogen and oxygen atoms in total. The van der Waals surface area contributed by atoms with Crippen molar-refractivity contribution in [3.8, 4) is 0 Å². The minimum atomic E-state index is -0.823. The first kappa shape index (κ1) is 9.38. The second-order valence-corrected chi connectivity index (χ2v) is 3.60. The highest BCUT2D eigenvalue weighted by atomic mass is 31.1. The number of hydrogen-bond donors (Lipinski definition) is 0. The quantitative estimate of drug-likeness (QED) is 0.466. The Morgan fingerprint density at radius 2 is 2.40 bits per heavy atom. The highest BCUT2D eigenvalue weighted by Crippen LogP contribution is 2.15. The van der Waals surface area contributed by atoms with Gasteiger partial charge in [0.2, 0.25) is 7.55 Å². The van der Waals surface area contributed by atoms with Crippen molar-refractivity contribution in [2.24, 2.45) is 0 Å². The summed E-state index contributed by atoms with van der Waals surface area (Å²) in [6.45, 7) is 4.03. The van der Waals surface area contributed by atoms with Crippen molar-refractivity contribution in [1.29, 1.82) is 0 Å². The van der Waals surface area contributed by atoms with Gasteiger partial charge in [-0.1, -0.05) is 12.2 Å². The molecule has 0 amide bonds. The number of hydrogen-bond acceptors (Lipinski definition) is 2. The molecule has 10 heavy (non-hydrogen) atoms. The van der Waals surface area contributed by atoms with E-state index in [2.05, 4.69) is 6.30 Å². The molecule has 3 heteroatoms. The lowest BCUT2D eigenvalue weighted by molar-refractivity contribution is 0.187. The fraction of sp³-hybridized carbons (Fsp3) is 0.429. The van der Waals surface area contributed by atoms with Gasteiger partial charge in [0.05, 0.1) is 6.30 Å². The van der Waals surface area contributed by atoms with Crippen LogP contribution in [0.1, 0.15) is 6.92 Å². The van der Waals surface area contributed by atoms with Crippen LogP contribution in [0.15, 0.2) is 12.2 Å². The molecule has 1 unspecified atom stereocenters. The zero-order valence-corrected chi connectivity index (χ0v) is 7.23. The van der Waals surface area contributed by atoms with Gasteiger partial charge >= 0.3 is 5.71 Å². The van der Waals surface area contributed by atoms with E-state index >= 15 is 0 Å². The van der Waals surface area contributed by atoms with Crippen molar-refractivity contribution < 1.29 is 9.53 Å². The molecule has 56 valence electrons. The molecule has 0 saturated heterocycles. The van der Waals surface area contributed by atoms with E-state index in [0.29, 0.717) is 6.61 Å². The third-order valence-corrected chi connectivity index (χ3v) is 1.60. The molecule has 0 bridgehead atoms. The summed E-state index contributed by atoms with van der Waals surface area (Å²) in [6.07, 6.45) is 7.21. The fourth-order valence-electron chi connectivity index (χ4n) is 0.326. The largest absolute Gasteiger partial charge is 0.509 e. The van der Waals surface area contributed by atoms with Crippen LogP contribution in [0.5, 0.6) is 0 Å². The Bertz CT molecular complexity index is 161. The van der Waals surface area contributed by atoms with E-state index in [1.54, 1.807) is 12.7 Å². The van der Waals surface area contributed by atoms with E-state index in [1.165, 1.54) is 0 Å². The third-order valence-electron chi connectivity index (χ3n) is 0.850. The molecule has 0 radical (unpaired) electrons. The predicted octanol–water partition coefficient (Wildman–Crippen LogP) is 2.24. The number of carbonyl (C=O) groups is 1. The number of carbonyl (C=O) groups excluding carboxylic acids is 1. The standard InChI is InChI=1S/C7H12O2P/c1-4-5-6-9-7(8)10(2)3/h4-5H,2,6H2,1,3H3/q+1. The smallest absolute Gasteiger partial charge is 0.426 e. The van der Waals surface area contributed by atoms with Gasteiger partial charge < -0.3 is 4.74 Å². The van der Waals surface area contributed by atoms with Crippen molar-refractivity contribution in [1.82, 2.24) is 0 Å². The summed E-state index contributed by atoms with van der Waals surface area (Å²) >= 11 is 0. The SMILES string of the molecule is C=[P+](C)C(=O)OCC=CC. The molecule has 0 spiro atoms. The highest BCUT2D eigenvalue weighted by Gasteiger charge is 2.12. The third kappa shape index (κ3) is 4.28. The fourth-order valence-corrected chi connectivity index (χ4v) is 0.621. The first-order valence-corrected chi connectivity index (χ1v) is 4.98. The first-order chi connectivity index (χ1) is 4.68. The van der Waals surface area contributed by atoms with Crippen molar-refractivity contribution in [2.75, 3.05) is 13.3 Å². The molecular formula is C7H12O2P+. The van der Waals surface area contributed by atoms with E-state index in [0.717, 1.165) is 0 Å². The van der Waals surface area contributed by atoms with Gasteiger partial charge in [-0.2, -0.15) is 4.79 Å². The summed E-state index contributed by atoms with van der Waals surface area (Å²) < 4.78 is 4.78. The van der Waals surface area contributed by atoms with Gasteiger partial charge in [0.25, 0.3) is 0 Å². The summed E-state index contributed by atoms with van der Waals surface area (Å²) in [5.74, 6) is 0. The number of allylic oxidation sites excluding steroid dienone is 1. The molecule has 0 aliphatic rings. The number of ether oxygens (including phenoxy) is 1. The van der Waals surface area contributed by atoms with Crippen LogP contribution in [-0.4, -0.2) is 25.3 Å². The molecule has 0 aromatic carbocycles. The monoisotopic (exact) mass is 159 g/mol. The molecule has 0 fully saturated rings. The van der Waals surface area contributed by atoms with Crippen LogP contribution >= 0.6 is 7.55 Å². The Morgan fingerprint density at radius 3 is 2.80 bits per heavy atom. The first-order valence-electron chi connectivity index (χ1n) is 3.00. The lowest BCUT2D eigenvalue weighted by Gasteiger charge is -1.90. The average Bonchev–Trinajstić information content (AvgIpc) is 1.88. The molecule has 0 N–H and O–H groups in total. The normalized spacial score (nSPS) is 11.6. The Balaban J connectivity index is 3.50. The van der Waals surface area contributed by atoms with Crippen LogP contribution < -0.4 is 0 Å². The predicted molar refractivity (Wildman–Crippen MR) is 46.1 cm³/mol. The van der Waals surface area contributed by atoms with Crippen LogP contribution in [0.2, 0.25) is 0 Å². The van der Waals surface area contributed by atoms with E-state index in [4.69, 9.17) is 4.74 Å². The molecule has 0 aliphatic carbocycles. The molecule has 0 heterocycles. The Morgan fingerprint density at radius 1 is 1.80 bits per heavy atom. The minimum absolute atomic E-state index is 0.187. The molecule has 0 aromatic rings. The molecule has 0 rings (SSSR count). The maximum absolute atomic E-state index is 10.7. The second kappa shape index (κ2) is 5.19. The van der Waals surface area contributed by atoms with E-state index in [-0.39, 0.29) is 5.71 Å². The molecular weight excluding hydrogens is 147 g/mol. The summed E-state index contributed by atoms with van der Waals surface area (Å²) in [5, 5.41) is 0. The van der Waals surface area contributed by atoms with Crippen LogP contribution in [0.4, 0.5) is 4.79 Å². The van der Waals surface area contributed by atoms with E-state index < -0.39 is 7.55 Å². The molecule has 0 aliphatic heterocycles. The van der Waals surface area contributed by atoms with E-state index in [1.807, 2.05) is 13.0 Å². The lowest BCUT2D eigenvalue weighted by atomic mass is 10.6. The van der Waals surface area contributed by atoms with Crippen LogP contribution in [0.3, 0.4) is 0 Å². The summed E-state index contributed by atoms with van der Waals surface area (Å²) in [4.78, 5) is 10.7. The summed E-state index contributed by atoms with van der Waals surface area (Å²) in [6, 6.07) is 0. The van der Waals surface area contributed by atoms with Crippen molar-refractivity contribution >= 4 is 19.6 Å². The Hall–Kier alpha value is -0.620. The van der Waals surface area contributed by atoms with Gasteiger partial charge in [-0.3, -0.25) is 0 Å². The van der Waals surface area contributed by atoms with Crippen molar-refractivity contribution in [2.45, 2.75) is 6.92 Å². The maximum Gasteiger partial charge on any atom is 0.509 e. The molecule has 0 saturated carbocycles. The Labute approximate surface area is 62.3 Å². The van der Waals surface area contributed by atoms with Gasteiger partial charge in [-0.05, 0) is 6.92 Å². The maximum atomic E-state index is 10.7. The van der Waals surface area contributed by atoms with Crippen LogP contribution in [0, 0.1) is 0 Å².